The third-order valence-corrected chi connectivity index (χ3v) is 3.74. The lowest BCUT2D eigenvalue weighted by molar-refractivity contribution is -0.137. The number of nitrogens with one attached hydrogen (secondary N) is 2. The van der Waals surface area contributed by atoms with Gasteiger partial charge in [0.2, 0.25) is 0 Å². The number of hydrogen-bond donors (Lipinski definition) is 2. The molecule has 3 rings (SSSR count). The first kappa shape index (κ1) is 19.3. The number of benzene rings is 1. The van der Waals surface area contributed by atoms with Gasteiger partial charge in [-0.2, -0.15) is 13.2 Å². The van der Waals surface area contributed by atoms with Crippen molar-refractivity contribution in [3.8, 4) is 0 Å². The number of anilines is 2. The first-order chi connectivity index (χ1) is 13.3. The van der Waals surface area contributed by atoms with Crippen LogP contribution in [-0.4, -0.2) is 20.9 Å². The Morgan fingerprint density at radius 3 is 2.54 bits per heavy atom. The summed E-state index contributed by atoms with van der Waals surface area (Å²) >= 11 is 0. The number of halogens is 3. The number of aryl methyl sites for hydroxylation is 1. The van der Waals surface area contributed by atoms with Crippen molar-refractivity contribution < 1.29 is 18.0 Å². The van der Waals surface area contributed by atoms with E-state index in [1.165, 1.54) is 18.2 Å². The highest BCUT2D eigenvalue weighted by atomic mass is 19.4. The lowest BCUT2D eigenvalue weighted by Gasteiger charge is -2.11. The van der Waals surface area contributed by atoms with Crippen LogP contribution in [0.3, 0.4) is 0 Å². The van der Waals surface area contributed by atoms with E-state index in [0.717, 1.165) is 17.7 Å². The van der Waals surface area contributed by atoms with Gasteiger partial charge in [-0.15, -0.1) is 0 Å². The van der Waals surface area contributed by atoms with Crippen molar-refractivity contribution in [3.63, 3.8) is 0 Å². The molecule has 1 amide bonds. The van der Waals surface area contributed by atoms with Gasteiger partial charge in [-0.25, -0.2) is 9.97 Å². The Bertz CT molecular complexity index is 977. The summed E-state index contributed by atoms with van der Waals surface area (Å²) in [5, 5.41) is 5.52. The Balaban J connectivity index is 1.75. The monoisotopic (exact) mass is 387 g/mol. The number of alkyl halides is 3. The van der Waals surface area contributed by atoms with Crippen LogP contribution in [0.5, 0.6) is 0 Å². The van der Waals surface area contributed by atoms with E-state index in [9.17, 15) is 18.0 Å². The second kappa shape index (κ2) is 8.03. The average Bonchev–Trinajstić information content (AvgIpc) is 2.66. The van der Waals surface area contributed by atoms with Crippen molar-refractivity contribution in [2.24, 2.45) is 0 Å². The van der Waals surface area contributed by atoms with Gasteiger partial charge in [-0.05, 0) is 42.8 Å². The number of pyridine rings is 1. The molecule has 1 aromatic carbocycles. The second-order valence-electron chi connectivity index (χ2n) is 5.93. The molecule has 2 aromatic heterocycles. The number of aromatic nitrogens is 3. The van der Waals surface area contributed by atoms with E-state index in [1.807, 2.05) is 0 Å². The fraction of sp³-hybridized carbons (Fsp3) is 0.158. The van der Waals surface area contributed by atoms with Crippen molar-refractivity contribution in [2.75, 3.05) is 5.32 Å². The first-order valence-electron chi connectivity index (χ1n) is 8.28. The third kappa shape index (κ3) is 5.03. The molecule has 6 nitrogen and oxygen atoms in total. The van der Waals surface area contributed by atoms with Crippen LogP contribution in [0.4, 0.5) is 24.7 Å². The predicted molar refractivity (Wildman–Crippen MR) is 96.9 cm³/mol. The minimum absolute atomic E-state index is 0.107. The summed E-state index contributed by atoms with van der Waals surface area (Å²) < 4.78 is 38.6. The predicted octanol–water partition coefficient (Wildman–Crippen LogP) is 3.87. The van der Waals surface area contributed by atoms with Crippen LogP contribution in [-0.2, 0) is 12.7 Å². The van der Waals surface area contributed by atoms with Crippen LogP contribution in [0.25, 0.3) is 0 Å². The lowest BCUT2D eigenvalue weighted by atomic mass is 10.2. The smallest absolute Gasteiger partial charge is 0.347 e. The average molecular weight is 387 g/mol. The van der Waals surface area contributed by atoms with Gasteiger partial charge in [0, 0.05) is 30.7 Å². The molecule has 28 heavy (non-hydrogen) atoms. The largest absolute Gasteiger partial charge is 0.416 e. The Labute approximate surface area is 158 Å². The zero-order valence-corrected chi connectivity index (χ0v) is 14.8. The molecule has 0 saturated carbocycles. The fourth-order valence-corrected chi connectivity index (χ4v) is 2.44. The van der Waals surface area contributed by atoms with Gasteiger partial charge in [0.1, 0.15) is 17.3 Å². The van der Waals surface area contributed by atoms with E-state index in [-0.39, 0.29) is 17.2 Å². The molecule has 0 saturated heterocycles. The van der Waals surface area contributed by atoms with Gasteiger partial charge in [0.05, 0.1) is 5.56 Å². The Kier molecular flexibility index (Phi) is 5.53. The summed E-state index contributed by atoms with van der Waals surface area (Å²) in [6.45, 7) is 1.89. The minimum atomic E-state index is -4.45. The van der Waals surface area contributed by atoms with Gasteiger partial charge in [-0.3, -0.25) is 9.78 Å². The number of nitrogens with zero attached hydrogens (tertiary/aromatic N) is 3. The molecular weight excluding hydrogens is 371 g/mol. The molecule has 0 atom stereocenters. The van der Waals surface area contributed by atoms with Gasteiger partial charge >= 0.3 is 6.18 Å². The van der Waals surface area contributed by atoms with E-state index < -0.39 is 17.6 Å². The van der Waals surface area contributed by atoms with Gasteiger partial charge in [-0.1, -0.05) is 6.07 Å². The zero-order valence-electron chi connectivity index (χ0n) is 14.8. The molecular formula is C19H16F3N5O. The highest BCUT2D eigenvalue weighted by Gasteiger charge is 2.30. The SMILES string of the molecule is Cc1nc(Nc2cccc(C(F)(F)F)c2)cc(C(=O)NCc2ccncc2)n1. The molecule has 9 heteroatoms. The van der Waals surface area contributed by atoms with Crippen LogP contribution in [0, 0.1) is 6.92 Å². The van der Waals surface area contributed by atoms with Crippen LogP contribution in [0.2, 0.25) is 0 Å². The Morgan fingerprint density at radius 1 is 1.07 bits per heavy atom. The van der Waals surface area contributed by atoms with Crippen LogP contribution >= 0.6 is 0 Å². The molecule has 0 radical (unpaired) electrons. The first-order valence-corrected chi connectivity index (χ1v) is 8.28. The number of carbonyl (C=O) groups is 1. The van der Waals surface area contributed by atoms with Crippen molar-refractivity contribution in [1.29, 1.82) is 0 Å². The van der Waals surface area contributed by atoms with Crippen molar-refractivity contribution in [1.82, 2.24) is 20.3 Å². The lowest BCUT2D eigenvalue weighted by Crippen LogP contribution is -2.24. The van der Waals surface area contributed by atoms with E-state index in [1.54, 1.807) is 31.5 Å². The highest BCUT2D eigenvalue weighted by molar-refractivity contribution is 5.93. The highest BCUT2D eigenvalue weighted by Crippen LogP contribution is 2.31. The van der Waals surface area contributed by atoms with E-state index >= 15 is 0 Å². The van der Waals surface area contributed by atoms with Crippen molar-refractivity contribution in [2.45, 2.75) is 19.6 Å². The summed E-state index contributed by atoms with van der Waals surface area (Å²) in [6.07, 6.45) is -1.21. The van der Waals surface area contributed by atoms with Gasteiger partial charge < -0.3 is 10.6 Å². The second-order valence-corrected chi connectivity index (χ2v) is 5.93. The Hall–Kier alpha value is -3.49. The molecule has 0 spiro atoms. The van der Waals surface area contributed by atoms with Crippen LogP contribution < -0.4 is 10.6 Å². The van der Waals surface area contributed by atoms with E-state index in [2.05, 4.69) is 25.6 Å². The summed E-state index contributed by atoms with van der Waals surface area (Å²) in [5.74, 6) is 0.112. The summed E-state index contributed by atoms with van der Waals surface area (Å²) in [5.41, 5.74) is 0.405. The summed E-state index contributed by atoms with van der Waals surface area (Å²) in [4.78, 5) is 24.5. The maximum absolute atomic E-state index is 12.9. The number of amides is 1. The standard InChI is InChI=1S/C19H16F3N5O/c1-12-25-16(18(28)24-11-13-5-7-23-8-6-13)10-17(26-12)27-15-4-2-3-14(9-15)19(20,21)22/h2-10H,11H2,1H3,(H,24,28)(H,25,26,27). The zero-order chi connectivity index (χ0) is 20.1. The minimum Gasteiger partial charge on any atom is -0.347 e. The maximum atomic E-state index is 12.9. The summed E-state index contributed by atoms with van der Waals surface area (Å²) in [6, 6.07) is 9.65. The Morgan fingerprint density at radius 2 is 1.82 bits per heavy atom. The van der Waals surface area contributed by atoms with E-state index in [0.29, 0.717) is 12.4 Å². The van der Waals surface area contributed by atoms with E-state index in [4.69, 9.17) is 0 Å². The van der Waals surface area contributed by atoms with Crippen LogP contribution in [0.1, 0.15) is 27.4 Å². The molecule has 0 aliphatic carbocycles. The molecule has 0 unspecified atom stereocenters. The molecule has 0 bridgehead atoms. The number of rotatable bonds is 5. The molecule has 0 aliphatic heterocycles. The fourth-order valence-electron chi connectivity index (χ4n) is 2.44. The van der Waals surface area contributed by atoms with Crippen LogP contribution in [0.15, 0.2) is 54.9 Å². The quantitative estimate of drug-likeness (QED) is 0.695. The molecule has 0 aliphatic rings. The van der Waals surface area contributed by atoms with Crippen molar-refractivity contribution in [3.05, 3.63) is 77.5 Å². The van der Waals surface area contributed by atoms with Gasteiger partial charge in [0.15, 0.2) is 0 Å². The normalized spacial score (nSPS) is 11.1. The summed E-state index contributed by atoms with van der Waals surface area (Å²) in [7, 11) is 0. The maximum Gasteiger partial charge on any atom is 0.416 e. The third-order valence-electron chi connectivity index (χ3n) is 3.74. The van der Waals surface area contributed by atoms with Crippen molar-refractivity contribution >= 4 is 17.4 Å². The topological polar surface area (TPSA) is 79.8 Å². The number of carbonyl (C=O) groups excluding carboxylic acids is 1. The number of hydrogen-bond acceptors (Lipinski definition) is 5. The molecule has 144 valence electrons. The molecule has 2 N–H and O–H groups in total. The molecule has 0 fully saturated rings. The molecule has 3 aromatic rings. The molecule has 2 heterocycles. The van der Waals surface area contributed by atoms with Gasteiger partial charge in [0.25, 0.3) is 5.91 Å².